The number of carboxylic acid groups (broad SMARTS) is 1. The van der Waals surface area contributed by atoms with Gasteiger partial charge in [-0.2, -0.15) is 0 Å². The first-order valence-electron chi connectivity index (χ1n) is 6.93. The Bertz CT molecular complexity index is 389. The summed E-state index contributed by atoms with van der Waals surface area (Å²) in [6.07, 6.45) is 1.16. The maximum atomic E-state index is 12.0. The second-order valence-corrected chi connectivity index (χ2v) is 5.14. The fraction of sp³-hybridized carbons (Fsp3) is 0.769. The smallest absolute Gasteiger partial charge is 0.315 e. The molecule has 114 valence electrons. The molecule has 7 heteroatoms. The van der Waals surface area contributed by atoms with Crippen LogP contribution in [0, 0.1) is 5.41 Å². The van der Waals surface area contributed by atoms with Crippen molar-refractivity contribution in [3.8, 4) is 0 Å². The molecule has 1 aliphatic carbocycles. The van der Waals surface area contributed by atoms with Crippen LogP contribution in [0.3, 0.4) is 0 Å². The van der Waals surface area contributed by atoms with Crippen molar-refractivity contribution in [2.75, 3.05) is 19.6 Å². The molecule has 3 amide bonds. The second kappa shape index (κ2) is 6.58. The number of amides is 3. The van der Waals surface area contributed by atoms with Gasteiger partial charge in [0.1, 0.15) is 6.04 Å². The van der Waals surface area contributed by atoms with Gasteiger partial charge >= 0.3 is 12.0 Å². The maximum Gasteiger partial charge on any atom is 0.315 e. The summed E-state index contributed by atoms with van der Waals surface area (Å²) < 4.78 is 0. The lowest BCUT2D eigenvalue weighted by Crippen LogP contribution is -2.50. The minimum Gasteiger partial charge on any atom is -0.481 e. The van der Waals surface area contributed by atoms with Crippen LogP contribution in [-0.2, 0) is 9.59 Å². The Morgan fingerprint density at radius 2 is 1.80 bits per heavy atom. The van der Waals surface area contributed by atoms with Gasteiger partial charge in [0.15, 0.2) is 0 Å². The molecule has 1 saturated carbocycles. The van der Waals surface area contributed by atoms with Gasteiger partial charge in [0.05, 0.1) is 5.41 Å². The summed E-state index contributed by atoms with van der Waals surface area (Å²) in [6, 6.07) is -1.14. The number of rotatable bonds is 7. The van der Waals surface area contributed by atoms with Gasteiger partial charge in [0, 0.05) is 19.6 Å². The summed E-state index contributed by atoms with van der Waals surface area (Å²) >= 11 is 0. The van der Waals surface area contributed by atoms with E-state index in [4.69, 9.17) is 5.11 Å². The van der Waals surface area contributed by atoms with Gasteiger partial charge in [-0.3, -0.25) is 9.59 Å². The summed E-state index contributed by atoms with van der Waals surface area (Å²) in [6.45, 7) is 6.64. The van der Waals surface area contributed by atoms with Gasteiger partial charge in [0.2, 0.25) is 5.91 Å². The van der Waals surface area contributed by atoms with Crippen molar-refractivity contribution >= 4 is 17.9 Å². The van der Waals surface area contributed by atoms with Gasteiger partial charge < -0.3 is 20.6 Å². The summed E-state index contributed by atoms with van der Waals surface area (Å²) in [4.78, 5) is 36.2. The molecule has 7 nitrogen and oxygen atoms in total. The molecule has 1 unspecified atom stereocenters. The zero-order valence-corrected chi connectivity index (χ0v) is 12.2. The van der Waals surface area contributed by atoms with Gasteiger partial charge in [0.25, 0.3) is 0 Å². The third-order valence-corrected chi connectivity index (χ3v) is 3.69. The summed E-state index contributed by atoms with van der Waals surface area (Å²) in [5.74, 6) is -1.03. The molecule has 0 radical (unpaired) electrons. The van der Waals surface area contributed by atoms with Crippen molar-refractivity contribution in [1.29, 1.82) is 0 Å². The van der Waals surface area contributed by atoms with Crippen LogP contribution < -0.4 is 10.6 Å². The van der Waals surface area contributed by atoms with Crippen LogP contribution in [0.4, 0.5) is 4.79 Å². The second-order valence-electron chi connectivity index (χ2n) is 5.14. The van der Waals surface area contributed by atoms with E-state index in [9.17, 15) is 14.4 Å². The van der Waals surface area contributed by atoms with Crippen LogP contribution in [0.2, 0.25) is 0 Å². The molecule has 1 fully saturated rings. The largest absolute Gasteiger partial charge is 0.481 e. The van der Waals surface area contributed by atoms with Gasteiger partial charge in [-0.15, -0.1) is 0 Å². The highest BCUT2D eigenvalue weighted by molar-refractivity contribution is 5.87. The zero-order valence-electron chi connectivity index (χ0n) is 12.2. The van der Waals surface area contributed by atoms with Crippen LogP contribution >= 0.6 is 0 Å². The maximum absolute atomic E-state index is 12.0. The molecule has 1 aliphatic rings. The van der Waals surface area contributed by atoms with Crippen LogP contribution in [0.25, 0.3) is 0 Å². The average molecular weight is 285 g/mol. The highest BCUT2D eigenvalue weighted by Gasteiger charge is 2.50. The van der Waals surface area contributed by atoms with E-state index in [1.165, 1.54) is 0 Å². The lowest BCUT2D eigenvalue weighted by Gasteiger charge is -2.23. The first kappa shape index (κ1) is 16.3. The van der Waals surface area contributed by atoms with Crippen LogP contribution in [0.15, 0.2) is 0 Å². The molecule has 20 heavy (non-hydrogen) atoms. The number of carbonyl (C=O) groups is 3. The number of carboxylic acids is 1. The van der Waals surface area contributed by atoms with Gasteiger partial charge in [-0.25, -0.2) is 4.79 Å². The van der Waals surface area contributed by atoms with E-state index in [-0.39, 0.29) is 12.5 Å². The Morgan fingerprint density at radius 3 is 2.20 bits per heavy atom. The van der Waals surface area contributed by atoms with Crippen molar-refractivity contribution in [3.05, 3.63) is 0 Å². The Kier molecular flexibility index (Phi) is 5.35. The number of aliphatic carboxylic acids is 1. The Hall–Kier alpha value is -1.79. The highest BCUT2D eigenvalue weighted by atomic mass is 16.4. The molecule has 0 aromatic rings. The molecule has 1 rings (SSSR count). The first-order valence-corrected chi connectivity index (χ1v) is 6.93. The fourth-order valence-electron chi connectivity index (χ4n) is 1.99. The van der Waals surface area contributed by atoms with Gasteiger partial charge in [-0.1, -0.05) is 0 Å². The van der Waals surface area contributed by atoms with Crippen LogP contribution in [0.1, 0.15) is 33.6 Å². The minimum atomic E-state index is -0.884. The monoisotopic (exact) mass is 285 g/mol. The Morgan fingerprint density at radius 1 is 1.25 bits per heavy atom. The van der Waals surface area contributed by atoms with Crippen molar-refractivity contribution in [2.45, 2.75) is 39.7 Å². The molecular weight excluding hydrogens is 262 g/mol. The predicted octanol–water partition coefficient (Wildman–Crippen LogP) is 0.407. The van der Waals surface area contributed by atoms with Crippen LogP contribution in [0.5, 0.6) is 0 Å². The first-order chi connectivity index (χ1) is 9.36. The normalized spacial score (nSPS) is 16.9. The standard InChI is InChI=1S/C13H23N3O4/c1-4-16(5-2)10(17)9(3)15-12(20)14-8-13(6-7-13)11(18)19/h9H,4-8H2,1-3H3,(H,18,19)(H2,14,15,20). The van der Waals surface area contributed by atoms with Crippen molar-refractivity contribution < 1.29 is 19.5 Å². The lowest BCUT2D eigenvalue weighted by atomic mass is 10.1. The molecule has 0 aliphatic heterocycles. The molecular formula is C13H23N3O4. The highest BCUT2D eigenvalue weighted by Crippen LogP contribution is 2.45. The van der Waals surface area contributed by atoms with Crippen molar-refractivity contribution in [1.82, 2.24) is 15.5 Å². The number of hydrogen-bond donors (Lipinski definition) is 3. The van der Waals surface area contributed by atoms with Crippen LogP contribution in [-0.4, -0.2) is 53.6 Å². The molecule has 1 atom stereocenters. The number of carbonyl (C=O) groups excluding carboxylic acids is 2. The number of nitrogens with one attached hydrogen (secondary N) is 2. The summed E-state index contributed by atoms with van der Waals surface area (Å²) in [7, 11) is 0. The summed E-state index contributed by atoms with van der Waals surface area (Å²) in [5, 5.41) is 14.1. The minimum absolute atomic E-state index is 0.0976. The van der Waals surface area contributed by atoms with E-state index in [0.29, 0.717) is 25.9 Å². The van der Waals surface area contributed by atoms with E-state index in [0.717, 1.165) is 0 Å². The van der Waals surface area contributed by atoms with E-state index in [2.05, 4.69) is 10.6 Å². The van der Waals surface area contributed by atoms with Crippen molar-refractivity contribution in [3.63, 3.8) is 0 Å². The SMILES string of the molecule is CCN(CC)C(=O)C(C)NC(=O)NCC1(C(=O)O)CC1. The van der Waals surface area contributed by atoms with E-state index < -0.39 is 23.5 Å². The molecule has 0 aromatic carbocycles. The van der Waals surface area contributed by atoms with E-state index in [1.807, 2.05) is 13.8 Å². The third-order valence-electron chi connectivity index (χ3n) is 3.69. The number of likely N-dealkylation sites (N-methyl/N-ethyl adjacent to an activating group) is 1. The summed E-state index contributed by atoms with van der Waals surface area (Å²) in [5.41, 5.74) is -0.802. The van der Waals surface area contributed by atoms with E-state index >= 15 is 0 Å². The molecule has 0 bridgehead atoms. The quantitative estimate of drug-likeness (QED) is 0.631. The molecule has 0 saturated heterocycles. The fourth-order valence-corrected chi connectivity index (χ4v) is 1.99. The number of hydrogen-bond acceptors (Lipinski definition) is 3. The molecule has 0 spiro atoms. The predicted molar refractivity (Wildman–Crippen MR) is 73.2 cm³/mol. The topological polar surface area (TPSA) is 98.7 Å². The van der Waals surface area contributed by atoms with Gasteiger partial charge in [-0.05, 0) is 33.6 Å². The molecule has 3 N–H and O–H groups in total. The third kappa shape index (κ3) is 3.85. The zero-order chi connectivity index (χ0) is 15.3. The average Bonchev–Trinajstić information content (AvgIpc) is 3.18. The molecule has 0 heterocycles. The molecule has 0 aromatic heterocycles. The Balaban J connectivity index is 2.38. The number of nitrogens with zero attached hydrogens (tertiary/aromatic N) is 1. The number of urea groups is 1. The van der Waals surface area contributed by atoms with Crippen molar-refractivity contribution in [2.24, 2.45) is 5.41 Å². The van der Waals surface area contributed by atoms with E-state index in [1.54, 1.807) is 11.8 Å². The lowest BCUT2D eigenvalue weighted by molar-refractivity contribution is -0.143. The Labute approximate surface area is 118 Å².